The topological polar surface area (TPSA) is 55.6 Å². The van der Waals surface area contributed by atoms with Crippen LogP contribution < -0.4 is 10.1 Å². The molecule has 0 radical (unpaired) electrons. The number of imidazole rings is 1. The van der Waals surface area contributed by atoms with E-state index in [4.69, 9.17) is 16.3 Å². The van der Waals surface area contributed by atoms with Gasteiger partial charge in [0.15, 0.2) is 0 Å². The molecule has 2 heterocycles. The first kappa shape index (κ1) is 17.1. The number of benzene rings is 2. The van der Waals surface area contributed by atoms with Crippen molar-refractivity contribution in [1.29, 1.82) is 0 Å². The highest BCUT2D eigenvalue weighted by Gasteiger charge is 2.14. The minimum atomic E-state index is -0.802. The number of halogens is 2. The van der Waals surface area contributed by atoms with Gasteiger partial charge in [0.1, 0.15) is 11.6 Å². The van der Waals surface area contributed by atoms with E-state index in [1.54, 1.807) is 49.1 Å². The maximum Gasteiger partial charge on any atom is 0.417 e. The first-order valence-corrected chi connectivity index (χ1v) is 8.43. The third-order valence-corrected chi connectivity index (χ3v) is 4.28. The fourth-order valence-electron chi connectivity index (χ4n) is 2.67. The van der Waals surface area contributed by atoms with Gasteiger partial charge in [-0.15, -0.1) is 0 Å². The summed E-state index contributed by atoms with van der Waals surface area (Å²) in [6.45, 7) is 0. The Morgan fingerprint density at radius 2 is 1.96 bits per heavy atom. The Hall–Kier alpha value is -3.38. The molecule has 4 rings (SSSR count). The quantitative estimate of drug-likeness (QED) is 0.516. The Balaban J connectivity index is 1.59. The zero-order valence-electron chi connectivity index (χ0n) is 13.9. The van der Waals surface area contributed by atoms with E-state index >= 15 is 0 Å². The number of rotatable bonds is 3. The van der Waals surface area contributed by atoms with Gasteiger partial charge in [-0.2, -0.15) is 0 Å². The summed E-state index contributed by atoms with van der Waals surface area (Å²) in [6.07, 6.45) is 4.37. The van der Waals surface area contributed by atoms with E-state index in [-0.39, 0.29) is 5.69 Å². The van der Waals surface area contributed by atoms with Gasteiger partial charge in [0.25, 0.3) is 0 Å². The number of hydrogen-bond acceptors (Lipinski definition) is 3. The van der Waals surface area contributed by atoms with Crippen molar-refractivity contribution in [1.82, 2.24) is 9.38 Å². The molecule has 5 nitrogen and oxygen atoms in total. The second-order valence-electron chi connectivity index (χ2n) is 5.78. The predicted molar refractivity (Wildman–Crippen MR) is 102 cm³/mol. The normalized spacial score (nSPS) is 10.7. The van der Waals surface area contributed by atoms with Crippen molar-refractivity contribution in [2.45, 2.75) is 0 Å². The number of para-hydroxylation sites is 1. The maximum atomic E-state index is 14.5. The summed E-state index contributed by atoms with van der Waals surface area (Å²) in [7, 11) is 0. The van der Waals surface area contributed by atoms with Crippen LogP contribution in [0.3, 0.4) is 0 Å². The number of pyridine rings is 1. The maximum absolute atomic E-state index is 14.5. The lowest BCUT2D eigenvalue weighted by Crippen LogP contribution is -2.17. The van der Waals surface area contributed by atoms with E-state index in [0.29, 0.717) is 16.3 Å². The number of fused-ring (bicyclic) bond motifs is 1. The molecule has 1 amide bonds. The molecule has 0 spiro atoms. The third-order valence-electron chi connectivity index (χ3n) is 3.97. The molecular formula is C20H13ClFN3O2. The van der Waals surface area contributed by atoms with E-state index in [9.17, 15) is 9.18 Å². The molecular weight excluding hydrogens is 369 g/mol. The van der Waals surface area contributed by atoms with Crippen molar-refractivity contribution < 1.29 is 13.9 Å². The summed E-state index contributed by atoms with van der Waals surface area (Å²) in [5.41, 5.74) is 2.08. The predicted octanol–water partition coefficient (Wildman–Crippen LogP) is 5.40. The van der Waals surface area contributed by atoms with Gasteiger partial charge in [0.05, 0.1) is 28.8 Å². The zero-order chi connectivity index (χ0) is 18.8. The molecule has 134 valence electrons. The molecule has 0 saturated carbocycles. The number of carbonyl (C=O) groups is 1. The Morgan fingerprint density at radius 1 is 1.15 bits per heavy atom. The smallest absolute Gasteiger partial charge is 0.410 e. The minimum absolute atomic E-state index is 0.0617. The van der Waals surface area contributed by atoms with Crippen molar-refractivity contribution in [3.63, 3.8) is 0 Å². The van der Waals surface area contributed by atoms with Crippen LogP contribution in [-0.4, -0.2) is 15.5 Å². The van der Waals surface area contributed by atoms with Crippen LogP contribution in [0.5, 0.6) is 5.75 Å². The number of carbonyl (C=O) groups excluding carboxylic acids is 1. The Bertz CT molecular complexity index is 1130. The lowest BCUT2D eigenvalue weighted by atomic mass is 10.1. The molecule has 27 heavy (non-hydrogen) atoms. The van der Waals surface area contributed by atoms with Gasteiger partial charge in [-0.3, -0.25) is 5.32 Å². The standard InChI is InChI=1S/C20H13ClFN3O2/c21-17-9-19(24-20(26)27-15-4-2-1-3-5-15)18(22)8-16(17)13-6-7-14-10-23-12-25(14)11-13/h1-12H,(H,24,26). The molecule has 0 aliphatic rings. The van der Waals surface area contributed by atoms with Crippen LogP contribution in [0, 0.1) is 5.82 Å². The molecule has 0 saturated heterocycles. The van der Waals surface area contributed by atoms with Crippen LogP contribution in [0.4, 0.5) is 14.9 Å². The molecule has 0 bridgehead atoms. The van der Waals surface area contributed by atoms with Gasteiger partial charge in [-0.05, 0) is 35.9 Å². The molecule has 4 aromatic rings. The second-order valence-corrected chi connectivity index (χ2v) is 6.19. The van der Waals surface area contributed by atoms with Crippen molar-refractivity contribution in [3.05, 3.63) is 84.2 Å². The highest BCUT2D eigenvalue weighted by molar-refractivity contribution is 6.33. The fraction of sp³-hybridized carbons (Fsp3) is 0. The SMILES string of the molecule is O=C(Nc1cc(Cl)c(-c2ccc3cncn3c2)cc1F)Oc1ccccc1. The highest BCUT2D eigenvalue weighted by atomic mass is 35.5. The monoisotopic (exact) mass is 381 g/mol. The number of hydrogen-bond donors (Lipinski definition) is 1. The lowest BCUT2D eigenvalue weighted by molar-refractivity contribution is 0.215. The Kier molecular flexibility index (Phi) is 4.48. The van der Waals surface area contributed by atoms with Gasteiger partial charge < -0.3 is 9.14 Å². The van der Waals surface area contributed by atoms with E-state index in [1.165, 1.54) is 12.1 Å². The van der Waals surface area contributed by atoms with E-state index in [0.717, 1.165) is 11.1 Å². The van der Waals surface area contributed by atoms with Crippen molar-refractivity contribution in [2.75, 3.05) is 5.32 Å². The summed E-state index contributed by atoms with van der Waals surface area (Å²) in [4.78, 5) is 16.0. The Morgan fingerprint density at radius 3 is 2.78 bits per heavy atom. The van der Waals surface area contributed by atoms with E-state index < -0.39 is 11.9 Å². The molecule has 0 aliphatic carbocycles. The molecule has 2 aromatic carbocycles. The summed E-state index contributed by atoms with van der Waals surface area (Å²) in [5, 5.41) is 2.66. The Labute approximate surface area is 159 Å². The van der Waals surface area contributed by atoms with Crippen LogP contribution in [0.1, 0.15) is 0 Å². The summed E-state index contributed by atoms with van der Waals surface area (Å²) >= 11 is 6.32. The van der Waals surface area contributed by atoms with Gasteiger partial charge in [-0.25, -0.2) is 14.2 Å². The molecule has 1 N–H and O–H groups in total. The first-order valence-electron chi connectivity index (χ1n) is 8.05. The van der Waals surface area contributed by atoms with Crippen LogP contribution in [0.2, 0.25) is 5.02 Å². The average Bonchev–Trinajstić information content (AvgIpc) is 3.13. The third kappa shape index (κ3) is 3.61. The van der Waals surface area contributed by atoms with E-state index in [1.807, 2.05) is 16.5 Å². The van der Waals surface area contributed by atoms with Crippen LogP contribution in [-0.2, 0) is 0 Å². The first-order chi connectivity index (χ1) is 13.1. The summed E-state index contributed by atoms with van der Waals surface area (Å²) < 4.78 is 21.4. The van der Waals surface area contributed by atoms with Gasteiger partial charge in [0.2, 0.25) is 0 Å². The minimum Gasteiger partial charge on any atom is -0.410 e. The number of aromatic nitrogens is 2. The fourth-order valence-corrected chi connectivity index (χ4v) is 2.95. The summed E-state index contributed by atoms with van der Waals surface area (Å²) in [5.74, 6) is -0.267. The highest BCUT2D eigenvalue weighted by Crippen LogP contribution is 2.32. The number of amides is 1. The summed E-state index contributed by atoms with van der Waals surface area (Å²) in [6, 6.07) is 14.8. The molecule has 0 aliphatic heterocycles. The van der Waals surface area contributed by atoms with Crippen molar-refractivity contribution in [3.8, 4) is 16.9 Å². The van der Waals surface area contributed by atoms with Crippen molar-refractivity contribution in [2.24, 2.45) is 0 Å². The average molecular weight is 382 g/mol. The van der Waals surface area contributed by atoms with E-state index in [2.05, 4.69) is 10.3 Å². The van der Waals surface area contributed by atoms with Crippen LogP contribution in [0.25, 0.3) is 16.6 Å². The van der Waals surface area contributed by atoms with Crippen LogP contribution >= 0.6 is 11.6 Å². The lowest BCUT2D eigenvalue weighted by Gasteiger charge is -2.11. The van der Waals surface area contributed by atoms with Gasteiger partial charge in [-0.1, -0.05) is 35.9 Å². The molecule has 0 atom stereocenters. The number of nitrogens with zero attached hydrogens (tertiary/aromatic N) is 2. The molecule has 0 unspecified atom stereocenters. The number of nitrogens with one attached hydrogen (secondary N) is 1. The van der Waals surface area contributed by atoms with Crippen molar-refractivity contribution >= 4 is 28.9 Å². The molecule has 0 fully saturated rings. The zero-order valence-corrected chi connectivity index (χ0v) is 14.7. The molecule has 2 aromatic heterocycles. The van der Waals surface area contributed by atoms with Gasteiger partial charge in [0, 0.05) is 11.8 Å². The number of ether oxygens (including phenoxy) is 1. The number of anilines is 1. The second kappa shape index (κ2) is 7.09. The van der Waals surface area contributed by atoms with Crippen LogP contribution in [0.15, 0.2) is 73.3 Å². The largest absolute Gasteiger partial charge is 0.417 e. The molecule has 7 heteroatoms. The van der Waals surface area contributed by atoms with Gasteiger partial charge >= 0.3 is 6.09 Å².